The summed E-state index contributed by atoms with van der Waals surface area (Å²) in [5, 5.41) is 10.3. The van der Waals surface area contributed by atoms with Gasteiger partial charge in [-0.05, 0) is 53.2 Å². The molecule has 0 saturated heterocycles. The van der Waals surface area contributed by atoms with Crippen LogP contribution in [0.4, 0.5) is 10.8 Å². The van der Waals surface area contributed by atoms with Crippen molar-refractivity contribution in [3.05, 3.63) is 33.5 Å². The molecule has 0 aliphatic heterocycles. The second kappa shape index (κ2) is 8.51. The Labute approximate surface area is 177 Å². The first-order valence-corrected chi connectivity index (χ1v) is 14.3. The zero-order valence-electron chi connectivity index (χ0n) is 15.9. The van der Waals surface area contributed by atoms with E-state index in [0.29, 0.717) is 19.0 Å². The highest BCUT2D eigenvalue weighted by molar-refractivity contribution is 14.1. The summed E-state index contributed by atoms with van der Waals surface area (Å²) in [7, 11) is -1.16. The van der Waals surface area contributed by atoms with Crippen LogP contribution >= 0.6 is 34.1 Å². The van der Waals surface area contributed by atoms with Crippen LogP contribution in [0, 0.1) is 10.6 Å². The van der Waals surface area contributed by atoms with Crippen LogP contribution < -0.4 is 4.90 Å². The number of imidazole rings is 1. The Morgan fingerprint density at radius 1 is 1.37 bits per heavy atom. The normalized spacial score (nSPS) is 12.1. The van der Waals surface area contributed by atoms with E-state index < -0.39 is 8.07 Å². The van der Waals surface area contributed by atoms with Crippen LogP contribution in [0.5, 0.6) is 0 Å². The molecule has 7 nitrogen and oxygen atoms in total. The minimum Gasteiger partial charge on any atom is -0.390 e. The van der Waals surface area contributed by atoms with Crippen LogP contribution in [-0.2, 0) is 11.3 Å². The largest absolute Gasteiger partial charge is 0.390 e. The molecule has 146 valence electrons. The molecule has 3 aromatic heterocycles. The zero-order valence-corrected chi connectivity index (χ0v) is 19.9. The first kappa shape index (κ1) is 20.6. The van der Waals surface area contributed by atoms with Gasteiger partial charge >= 0.3 is 0 Å². The third-order valence-corrected chi connectivity index (χ3v) is 7.35. The van der Waals surface area contributed by atoms with E-state index in [0.717, 1.165) is 31.9 Å². The van der Waals surface area contributed by atoms with E-state index in [1.807, 2.05) is 34.7 Å². The average Bonchev–Trinajstić information content (AvgIpc) is 3.21. The molecule has 0 bridgehead atoms. The molecule has 27 heavy (non-hydrogen) atoms. The van der Waals surface area contributed by atoms with Gasteiger partial charge in [0.2, 0.25) is 0 Å². The number of fused-ring (bicyclic) bond motifs is 1. The molecule has 3 rings (SSSR count). The molecule has 0 radical (unpaired) electrons. The number of rotatable bonds is 8. The minimum absolute atomic E-state index is 0.0846. The molecule has 0 unspecified atom stereocenters. The van der Waals surface area contributed by atoms with Gasteiger partial charge < -0.3 is 9.84 Å². The molecule has 1 N–H and O–H groups in total. The predicted octanol–water partition coefficient (Wildman–Crippen LogP) is 4.04. The summed E-state index contributed by atoms with van der Waals surface area (Å²) < 4.78 is 13.4. The molecular formula is C17H24IN5O2SSi. The summed E-state index contributed by atoms with van der Waals surface area (Å²) in [4.78, 5) is 11.3. The Bertz CT molecular complexity index is 924. The van der Waals surface area contributed by atoms with Crippen molar-refractivity contribution >= 4 is 58.7 Å². The quantitative estimate of drug-likeness (QED) is 0.210. The monoisotopic (exact) mass is 517 g/mol. The van der Waals surface area contributed by atoms with Gasteiger partial charge in [-0.3, -0.25) is 9.30 Å². The Morgan fingerprint density at radius 3 is 2.81 bits per heavy atom. The highest BCUT2D eigenvalue weighted by atomic mass is 127. The van der Waals surface area contributed by atoms with Crippen molar-refractivity contribution in [2.75, 3.05) is 18.2 Å². The van der Waals surface area contributed by atoms with Crippen molar-refractivity contribution in [2.24, 2.45) is 0 Å². The lowest BCUT2D eigenvalue weighted by atomic mass is 10.4. The second-order valence-corrected chi connectivity index (χ2v) is 15.1. The molecule has 0 spiro atoms. The molecule has 0 amide bonds. The van der Waals surface area contributed by atoms with Gasteiger partial charge in [-0.1, -0.05) is 19.6 Å². The SMILES string of the molecule is Cc1cn2c(I)cnc2c(N(COCC[Si](C)(C)C)c2cc(CO)ns2)n1. The fraction of sp³-hybridized carbons (Fsp3) is 0.471. The molecule has 0 atom stereocenters. The van der Waals surface area contributed by atoms with Crippen LogP contribution in [0.2, 0.25) is 25.7 Å². The van der Waals surface area contributed by atoms with E-state index >= 15 is 0 Å². The summed E-state index contributed by atoms with van der Waals surface area (Å²) in [5.41, 5.74) is 2.31. The van der Waals surface area contributed by atoms with Gasteiger partial charge in [0.1, 0.15) is 15.4 Å². The molecule has 0 aliphatic rings. The fourth-order valence-electron chi connectivity index (χ4n) is 2.51. The smallest absolute Gasteiger partial charge is 0.181 e. The maximum atomic E-state index is 9.39. The highest BCUT2D eigenvalue weighted by Gasteiger charge is 2.21. The van der Waals surface area contributed by atoms with Gasteiger partial charge in [0.05, 0.1) is 24.2 Å². The van der Waals surface area contributed by atoms with Gasteiger partial charge in [-0.25, -0.2) is 9.97 Å². The zero-order chi connectivity index (χ0) is 19.6. The number of hydrogen-bond acceptors (Lipinski definition) is 7. The number of anilines is 2. The molecule has 0 aliphatic carbocycles. The van der Waals surface area contributed by atoms with E-state index in [4.69, 9.17) is 9.72 Å². The van der Waals surface area contributed by atoms with Crippen LogP contribution in [0.15, 0.2) is 18.5 Å². The second-order valence-electron chi connectivity index (χ2n) is 7.57. The first-order valence-electron chi connectivity index (χ1n) is 8.70. The van der Waals surface area contributed by atoms with Gasteiger partial charge in [0, 0.05) is 20.9 Å². The summed E-state index contributed by atoms with van der Waals surface area (Å²) in [6, 6.07) is 2.98. The van der Waals surface area contributed by atoms with Crippen LogP contribution in [0.25, 0.3) is 5.65 Å². The van der Waals surface area contributed by atoms with E-state index in [-0.39, 0.29) is 6.61 Å². The lowest BCUT2D eigenvalue weighted by Gasteiger charge is -2.23. The van der Waals surface area contributed by atoms with Crippen molar-refractivity contribution < 1.29 is 9.84 Å². The average molecular weight is 517 g/mol. The van der Waals surface area contributed by atoms with E-state index in [1.54, 1.807) is 0 Å². The molecule has 3 heterocycles. The maximum absolute atomic E-state index is 9.39. The van der Waals surface area contributed by atoms with Crippen molar-refractivity contribution in [1.29, 1.82) is 0 Å². The maximum Gasteiger partial charge on any atom is 0.181 e. The Hall–Kier alpha value is -1.08. The van der Waals surface area contributed by atoms with Crippen molar-refractivity contribution in [2.45, 2.75) is 39.2 Å². The fourth-order valence-corrected chi connectivity index (χ4v) is 4.52. The summed E-state index contributed by atoms with van der Waals surface area (Å²) in [6.45, 7) is 9.97. The van der Waals surface area contributed by atoms with E-state index in [9.17, 15) is 5.11 Å². The minimum atomic E-state index is -1.16. The van der Waals surface area contributed by atoms with Crippen molar-refractivity contribution in [3.8, 4) is 0 Å². The van der Waals surface area contributed by atoms with E-state index in [1.165, 1.54) is 11.5 Å². The van der Waals surface area contributed by atoms with Crippen LogP contribution in [-0.4, -0.2) is 45.3 Å². The van der Waals surface area contributed by atoms with Gasteiger partial charge in [0.15, 0.2) is 11.5 Å². The van der Waals surface area contributed by atoms with Crippen molar-refractivity contribution in [3.63, 3.8) is 0 Å². The molecule has 3 aromatic rings. The lowest BCUT2D eigenvalue weighted by molar-refractivity contribution is 0.153. The third kappa shape index (κ3) is 5.05. The number of aliphatic hydroxyl groups is 1. The number of halogens is 1. The van der Waals surface area contributed by atoms with Crippen LogP contribution in [0.1, 0.15) is 11.4 Å². The van der Waals surface area contributed by atoms with Gasteiger partial charge in [0.25, 0.3) is 0 Å². The topological polar surface area (TPSA) is 75.8 Å². The Kier molecular flexibility index (Phi) is 6.51. The standard InChI is InChI=1S/C17H24IN5O2SSi/c1-12-9-22-14(18)8-19-16(22)17(20-12)23(11-25-5-6-27(2,3)4)15-7-13(10-24)21-26-15/h7-9,24H,5-6,10-11H2,1-4H3. The number of aromatic nitrogens is 4. The molecule has 10 heteroatoms. The summed E-state index contributed by atoms with van der Waals surface area (Å²) in [5.74, 6) is 0.735. The van der Waals surface area contributed by atoms with Crippen LogP contribution in [0.3, 0.4) is 0 Å². The van der Waals surface area contributed by atoms with Crippen molar-refractivity contribution in [1.82, 2.24) is 18.7 Å². The molecule has 0 fully saturated rings. The predicted molar refractivity (Wildman–Crippen MR) is 120 cm³/mol. The number of aryl methyl sites for hydroxylation is 1. The Balaban J connectivity index is 1.94. The third-order valence-electron chi connectivity index (χ3n) is 4.00. The molecular weight excluding hydrogens is 493 g/mol. The van der Waals surface area contributed by atoms with Gasteiger partial charge in [-0.15, -0.1) is 0 Å². The molecule has 0 saturated carbocycles. The first-order chi connectivity index (χ1) is 12.8. The number of aliphatic hydroxyl groups excluding tert-OH is 1. The summed E-state index contributed by atoms with van der Waals surface area (Å²) in [6.07, 6.45) is 3.81. The molecule has 0 aromatic carbocycles. The number of ether oxygens (including phenoxy) is 1. The Morgan fingerprint density at radius 2 is 2.15 bits per heavy atom. The lowest BCUT2D eigenvalue weighted by Crippen LogP contribution is -2.26. The number of nitrogens with zero attached hydrogens (tertiary/aromatic N) is 5. The van der Waals surface area contributed by atoms with E-state index in [2.05, 4.69) is 51.6 Å². The highest BCUT2D eigenvalue weighted by Crippen LogP contribution is 2.31. The number of hydrogen-bond donors (Lipinski definition) is 1. The van der Waals surface area contributed by atoms with Gasteiger partial charge in [-0.2, -0.15) is 4.37 Å². The summed E-state index contributed by atoms with van der Waals surface area (Å²) >= 11 is 3.59.